The zero-order valence-electron chi connectivity index (χ0n) is 13.0. The highest BCUT2D eigenvalue weighted by Gasteiger charge is 2.11. The number of rotatable bonds is 4. The third-order valence-electron chi connectivity index (χ3n) is 3.77. The Bertz CT molecular complexity index is 871. The van der Waals surface area contributed by atoms with Crippen LogP contribution in [0, 0.1) is 13.8 Å². The van der Waals surface area contributed by atoms with Crippen molar-refractivity contribution in [2.24, 2.45) is 0 Å². The minimum Gasteiger partial charge on any atom is -0.426 e. The zero-order chi connectivity index (χ0) is 16.4. The summed E-state index contributed by atoms with van der Waals surface area (Å²) in [6.45, 7) is 4.41. The van der Waals surface area contributed by atoms with E-state index in [0.29, 0.717) is 12.3 Å². The Morgan fingerprint density at radius 3 is 2.61 bits per heavy atom. The Kier molecular flexibility index (Phi) is 4.48. The third-order valence-corrected chi connectivity index (χ3v) is 4.92. The van der Waals surface area contributed by atoms with Crippen molar-refractivity contribution in [3.05, 3.63) is 58.3 Å². The SMILES string of the molecule is Cc1nn(CCC(=O)Oc2ccc3ccccc3c2)c(C)c1Br. The van der Waals surface area contributed by atoms with Crippen molar-refractivity contribution < 1.29 is 9.53 Å². The van der Waals surface area contributed by atoms with E-state index in [-0.39, 0.29) is 12.4 Å². The molecule has 0 saturated carbocycles. The van der Waals surface area contributed by atoms with E-state index in [9.17, 15) is 4.79 Å². The lowest BCUT2D eigenvalue weighted by Gasteiger charge is -2.07. The molecule has 0 unspecified atom stereocenters. The summed E-state index contributed by atoms with van der Waals surface area (Å²) in [5.74, 6) is 0.312. The normalized spacial score (nSPS) is 10.9. The molecule has 3 rings (SSSR count). The van der Waals surface area contributed by atoms with Crippen LogP contribution in [0.1, 0.15) is 17.8 Å². The fraction of sp³-hybridized carbons (Fsp3) is 0.222. The first-order valence-electron chi connectivity index (χ1n) is 7.43. The van der Waals surface area contributed by atoms with Crippen LogP contribution in [0.15, 0.2) is 46.9 Å². The van der Waals surface area contributed by atoms with E-state index >= 15 is 0 Å². The van der Waals surface area contributed by atoms with Gasteiger partial charge in [0.25, 0.3) is 0 Å². The highest BCUT2D eigenvalue weighted by molar-refractivity contribution is 9.10. The third kappa shape index (κ3) is 3.45. The molecule has 1 heterocycles. The lowest BCUT2D eigenvalue weighted by molar-refractivity contribution is -0.134. The number of nitrogens with zero attached hydrogens (tertiary/aromatic N) is 2. The van der Waals surface area contributed by atoms with Crippen LogP contribution in [0.2, 0.25) is 0 Å². The van der Waals surface area contributed by atoms with E-state index < -0.39 is 0 Å². The summed E-state index contributed by atoms with van der Waals surface area (Å²) < 4.78 is 8.24. The summed E-state index contributed by atoms with van der Waals surface area (Å²) in [6.07, 6.45) is 0.279. The zero-order valence-corrected chi connectivity index (χ0v) is 14.6. The molecule has 0 N–H and O–H groups in total. The maximum atomic E-state index is 12.0. The molecule has 0 atom stereocenters. The van der Waals surface area contributed by atoms with Gasteiger partial charge >= 0.3 is 5.97 Å². The molecule has 0 aliphatic carbocycles. The second kappa shape index (κ2) is 6.54. The predicted molar refractivity (Wildman–Crippen MR) is 93.6 cm³/mol. The summed E-state index contributed by atoms with van der Waals surface area (Å²) >= 11 is 3.48. The van der Waals surface area contributed by atoms with Crippen molar-refractivity contribution in [2.45, 2.75) is 26.8 Å². The number of fused-ring (bicyclic) bond motifs is 1. The summed E-state index contributed by atoms with van der Waals surface area (Å²) in [5, 5.41) is 6.57. The average Bonchev–Trinajstić information content (AvgIpc) is 2.80. The van der Waals surface area contributed by atoms with Gasteiger partial charge in [-0.2, -0.15) is 5.10 Å². The van der Waals surface area contributed by atoms with Gasteiger partial charge in [0.15, 0.2) is 0 Å². The van der Waals surface area contributed by atoms with Gasteiger partial charge in [-0.15, -0.1) is 0 Å². The van der Waals surface area contributed by atoms with E-state index in [1.807, 2.05) is 61.0 Å². The highest BCUT2D eigenvalue weighted by atomic mass is 79.9. The van der Waals surface area contributed by atoms with Crippen molar-refractivity contribution in [1.82, 2.24) is 9.78 Å². The van der Waals surface area contributed by atoms with Crippen LogP contribution in [-0.2, 0) is 11.3 Å². The first-order chi connectivity index (χ1) is 11.0. The minimum atomic E-state index is -0.260. The Hall–Kier alpha value is -2.14. The van der Waals surface area contributed by atoms with E-state index in [0.717, 1.165) is 26.6 Å². The van der Waals surface area contributed by atoms with E-state index in [4.69, 9.17) is 4.74 Å². The molecule has 0 amide bonds. The van der Waals surface area contributed by atoms with E-state index in [1.165, 1.54) is 0 Å². The van der Waals surface area contributed by atoms with Crippen LogP contribution < -0.4 is 4.74 Å². The largest absolute Gasteiger partial charge is 0.426 e. The van der Waals surface area contributed by atoms with Crippen LogP contribution in [-0.4, -0.2) is 15.7 Å². The summed E-state index contributed by atoms with van der Waals surface area (Å²) in [4.78, 5) is 12.0. The van der Waals surface area contributed by atoms with E-state index in [2.05, 4.69) is 21.0 Å². The number of hydrogen-bond donors (Lipinski definition) is 0. The van der Waals surface area contributed by atoms with Gasteiger partial charge in [0, 0.05) is 5.69 Å². The first kappa shape index (κ1) is 15.7. The molecular formula is C18H17BrN2O2. The van der Waals surface area contributed by atoms with Crippen molar-refractivity contribution in [3.8, 4) is 5.75 Å². The Labute approximate surface area is 143 Å². The predicted octanol–water partition coefficient (Wildman–Crippen LogP) is 4.41. The maximum Gasteiger partial charge on any atom is 0.313 e. The standard InChI is InChI=1S/C18H17BrN2O2/c1-12-18(19)13(2)21(20-12)10-9-17(22)23-16-8-7-14-5-3-4-6-15(14)11-16/h3-8,11H,9-10H2,1-2H3. The molecule has 23 heavy (non-hydrogen) atoms. The highest BCUT2D eigenvalue weighted by Crippen LogP contribution is 2.22. The molecule has 5 heteroatoms. The molecule has 0 fully saturated rings. The first-order valence-corrected chi connectivity index (χ1v) is 8.23. The Morgan fingerprint density at radius 1 is 1.17 bits per heavy atom. The summed E-state index contributed by atoms with van der Waals surface area (Å²) in [7, 11) is 0. The second-order valence-corrected chi connectivity index (χ2v) is 6.23. The number of ether oxygens (including phenoxy) is 1. The van der Waals surface area contributed by atoms with Crippen LogP contribution in [0.3, 0.4) is 0 Å². The van der Waals surface area contributed by atoms with Crippen LogP contribution >= 0.6 is 15.9 Å². The van der Waals surface area contributed by atoms with Crippen molar-refractivity contribution in [1.29, 1.82) is 0 Å². The number of hydrogen-bond acceptors (Lipinski definition) is 3. The fourth-order valence-corrected chi connectivity index (χ4v) is 2.79. The lowest BCUT2D eigenvalue weighted by Crippen LogP contribution is -2.13. The molecular weight excluding hydrogens is 356 g/mol. The van der Waals surface area contributed by atoms with Crippen LogP contribution in [0.4, 0.5) is 0 Å². The molecule has 0 spiro atoms. The summed E-state index contributed by atoms with van der Waals surface area (Å²) in [5.41, 5.74) is 1.94. The second-order valence-electron chi connectivity index (χ2n) is 5.44. The van der Waals surface area contributed by atoms with Gasteiger partial charge in [-0.1, -0.05) is 30.3 Å². The number of aromatic nitrogens is 2. The molecule has 1 aromatic heterocycles. The molecule has 4 nitrogen and oxygen atoms in total. The Balaban J connectivity index is 1.65. The molecule has 0 bridgehead atoms. The number of halogens is 1. The molecule has 118 valence electrons. The quantitative estimate of drug-likeness (QED) is 0.503. The Morgan fingerprint density at radius 2 is 1.91 bits per heavy atom. The maximum absolute atomic E-state index is 12.0. The molecule has 0 radical (unpaired) electrons. The molecule has 2 aromatic carbocycles. The fourth-order valence-electron chi connectivity index (χ4n) is 2.50. The van der Waals surface area contributed by atoms with Gasteiger partial charge in [0.2, 0.25) is 0 Å². The molecule has 3 aromatic rings. The smallest absolute Gasteiger partial charge is 0.313 e. The average molecular weight is 373 g/mol. The summed E-state index contributed by atoms with van der Waals surface area (Å²) in [6, 6.07) is 13.6. The van der Waals surface area contributed by atoms with Crippen molar-refractivity contribution >= 4 is 32.7 Å². The van der Waals surface area contributed by atoms with Gasteiger partial charge in [-0.3, -0.25) is 9.48 Å². The number of carbonyl (C=O) groups excluding carboxylic acids is 1. The minimum absolute atomic E-state index is 0.260. The number of carbonyl (C=O) groups is 1. The van der Waals surface area contributed by atoms with Gasteiger partial charge < -0.3 is 4.74 Å². The van der Waals surface area contributed by atoms with Crippen molar-refractivity contribution in [2.75, 3.05) is 0 Å². The number of esters is 1. The number of benzene rings is 2. The molecule has 0 aliphatic rings. The van der Waals surface area contributed by atoms with E-state index in [1.54, 1.807) is 0 Å². The molecule has 0 aliphatic heterocycles. The monoisotopic (exact) mass is 372 g/mol. The lowest BCUT2D eigenvalue weighted by atomic mass is 10.1. The topological polar surface area (TPSA) is 44.1 Å². The van der Waals surface area contributed by atoms with Gasteiger partial charge in [0.05, 0.1) is 23.1 Å². The van der Waals surface area contributed by atoms with Crippen molar-refractivity contribution in [3.63, 3.8) is 0 Å². The number of aryl methyl sites for hydroxylation is 2. The van der Waals surface area contributed by atoms with Gasteiger partial charge in [-0.25, -0.2) is 0 Å². The van der Waals surface area contributed by atoms with Gasteiger partial charge in [0.1, 0.15) is 5.75 Å². The molecule has 0 saturated heterocycles. The van der Waals surface area contributed by atoms with Gasteiger partial charge in [-0.05, 0) is 52.7 Å². The van der Waals surface area contributed by atoms with Crippen LogP contribution in [0.25, 0.3) is 10.8 Å². The van der Waals surface area contributed by atoms with Crippen LogP contribution in [0.5, 0.6) is 5.75 Å².